The van der Waals surface area contributed by atoms with Crippen molar-refractivity contribution in [2.24, 2.45) is 7.05 Å². The van der Waals surface area contributed by atoms with Crippen LogP contribution in [0.2, 0.25) is 0 Å². The lowest BCUT2D eigenvalue weighted by Crippen LogP contribution is -2.06. The number of aromatic nitrogens is 3. The van der Waals surface area contributed by atoms with Crippen molar-refractivity contribution in [3.63, 3.8) is 0 Å². The molecule has 2 rings (SSSR count). The van der Waals surface area contributed by atoms with Crippen LogP contribution in [-0.4, -0.2) is 31.6 Å². The number of aliphatic carboxylic acids is 1. The van der Waals surface area contributed by atoms with E-state index in [9.17, 15) is 4.79 Å². The molecule has 0 amide bonds. The molecule has 7 heteroatoms. The second-order valence-corrected chi connectivity index (χ2v) is 5.57. The number of hydrogen-bond donors (Lipinski definition) is 1. The summed E-state index contributed by atoms with van der Waals surface area (Å²) in [6.07, 6.45) is 0. The summed E-state index contributed by atoms with van der Waals surface area (Å²) in [5.74, 6) is 0.557. The number of thioether (sulfide) groups is 1. The van der Waals surface area contributed by atoms with Gasteiger partial charge in [-0.15, -0.1) is 10.2 Å². The molecule has 1 aromatic heterocycles. The Hall–Kier alpha value is -2.02. The molecule has 0 radical (unpaired) electrons. The predicted octanol–water partition coefficient (Wildman–Crippen LogP) is 2.19. The highest BCUT2D eigenvalue weighted by atomic mass is 32.2. The first-order valence-electron chi connectivity index (χ1n) is 6.41. The Morgan fingerprint density at radius 2 is 2.14 bits per heavy atom. The minimum absolute atomic E-state index is 0.0379. The molecule has 1 aromatic carbocycles. The fraction of sp³-hybridized carbons (Fsp3) is 0.357. The summed E-state index contributed by atoms with van der Waals surface area (Å²) in [5, 5.41) is 17.3. The molecule has 0 unspecified atom stereocenters. The highest BCUT2D eigenvalue weighted by molar-refractivity contribution is 7.99. The van der Waals surface area contributed by atoms with Crippen molar-refractivity contribution in [2.45, 2.75) is 25.6 Å². The summed E-state index contributed by atoms with van der Waals surface area (Å²) in [5.41, 5.74) is 2.27. The smallest absolute Gasteiger partial charge is 0.313 e. The molecular formula is C14H17N3O3S. The van der Waals surface area contributed by atoms with Gasteiger partial charge in [-0.2, -0.15) is 0 Å². The Morgan fingerprint density at radius 1 is 1.38 bits per heavy atom. The van der Waals surface area contributed by atoms with Gasteiger partial charge in [0.25, 0.3) is 0 Å². The van der Waals surface area contributed by atoms with Gasteiger partial charge in [0.2, 0.25) is 0 Å². The largest absolute Gasteiger partial charge is 0.485 e. The van der Waals surface area contributed by atoms with Crippen molar-refractivity contribution in [1.82, 2.24) is 14.8 Å². The van der Waals surface area contributed by atoms with Crippen molar-refractivity contribution >= 4 is 17.7 Å². The highest BCUT2D eigenvalue weighted by Gasteiger charge is 2.12. The van der Waals surface area contributed by atoms with Crippen LogP contribution in [0, 0.1) is 13.8 Å². The average Bonchev–Trinajstić information content (AvgIpc) is 2.79. The van der Waals surface area contributed by atoms with Crippen molar-refractivity contribution in [2.75, 3.05) is 5.75 Å². The van der Waals surface area contributed by atoms with E-state index < -0.39 is 5.97 Å². The molecule has 0 saturated carbocycles. The number of aryl methyl sites for hydroxylation is 1. The van der Waals surface area contributed by atoms with E-state index in [1.54, 1.807) is 11.6 Å². The van der Waals surface area contributed by atoms with Crippen LogP contribution in [0.5, 0.6) is 5.75 Å². The fourth-order valence-corrected chi connectivity index (χ4v) is 2.40. The van der Waals surface area contributed by atoms with E-state index in [1.165, 1.54) is 5.56 Å². The molecule has 21 heavy (non-hydrogen) atoms. The fourth-order valence-electron chi connectivity index (χ4n) is 1.75. The maximum atomic E-state index is 10.6. The monoisotopic (exact) mass is 307 g/mol. The summed E-state index contributed by atoms with van der Waals surface area (Å²) >= 11 is 1.14. The zero-order chi connectivity index (χ0) is 15.4. The van der Waals surface area contributed by atoms with Crippen LogP contribution in [0.15, 0.2) is 23.4 Å². The van der Waals surface area contributed by atoms with E-state index in [2.05, 4.69) is 10.2 Å². The Balaban J connectivity index is 2.04. The molecule has 0 spiro atoms. The van der Waals surface area contributed by atoms with Crippen LogP contribution in [0.3, 0.4) is 0 Å². The topological polar surface area (TPSA) is 77.2 Å². The third-order valence-electron chi connectivity index (χ3n) is 3.16. The van der Waals surface area contributed by atoms with Gasteiger partial charge in [0, 0.05) is 7.05 Å². The summed E-state index contributed by atoms with van der Waals surface area (Å²) in [7, 11) is 1.80. The predicted molar refractivity (Wildman–Crippen MR) is 79.6 cm³/mol. The van der Waals surface area contributed by atoms with Crippen LogP contribution in [0.25, 0.3) is 0 Å². The number of nitrogens with zero attached hydrogens (tertiary/aromatic N) is 3. The van der Waals surface area contributed by atoms with E-state index in [4.69, 9.17) is 9.84 Å². The van der Waals surface area contributed by atoms with Gasteiger partial charge in [0.15, 0.2) is 11.0 Å². The normalized spacial score (nSPS) is 10.6. The standard InChI is InChI=1S/C14H17N3O3S/c1-9-5-4-6-11(10(9)2)20-7-12-15-16-14(17(12)3)21-8-13(18)19/h4-6H,7-8H2,1-3H3,(H,18,19). The number of carbonyl (C=O) groups is 1. The van der Waals surface area contributed by atoms with E-state index in [1.807, 2.05) is 32.0 Å². The SMILES string of the molecule is Cc1cccc(OCc2nnc(SCC(=O)O)n2C)c1C. The van der Waals surface area contributed by atoms with Gasteiger partial charge in [-0.1, -0.05) is 23.9 Å². The quantitative estimate of drug-likeness (QED) is 0.824. The summed E-state index contributed by atoms with van der Waals surface area (Å²) < 4.78 is 7.52. The molecule has 1 heterocycles. The third-order valence-corrected chi connectivity index (χ3v) is 4.17. The van der Waals surface area contributed by atoms with E-state index in [0.29, 0.717) is 17.6 Å². The summed E-state index contributed by atoms with van der Waals surface area (Å²) in [6, 6.07) is 5.90. The first kappa shape index (κ1) is 15.4. The Kier molecular flexibility index (Phi) is 4.85. The van der Waals surface area contributed by atoms with Gasteiger partial charge in [0.05, 0.1) is 5.75 Å². The molecular weight excluding hydrogens is 290 g/mol. The van der Waals surface area contributed by atoms with Crippen LogP contribution in [0.1, 0.15) is 17.0 Å². The number of carboxylic acid groups (broad SMARTS) is 1. The second kappa shape index (κ2) is 6.62. The van der Waals surface area contributed by atoms with Gasteiger partial charge < -0.3 is 14.4 Å². The molecule has 0 aliphatic heterocycles. The van der Waals surface area contributed by atoms with E-state index in [-0.39, 0.29) is 5.75 Å². The Bertz CT molecular complexity index is 655. The maximum absolute atomic E-state index is 10.6. The number of rotatable bonds is 6. The van der Waals surface area contributed by atoms with Crippen LogP contribution in [0.4, 0.5) is 0 Å². The van der Waals surface area contributed by atoms with Crippen molar-refractivity contribution in [1.29, 1.82) is 0 Å². The highest BCUT2D eigenvalue weighted by Crippen LogP contribution is 2.22. The Morgan fingerprint density at radius 3 is 2.86 bits per heavy atom. The lowest BCUT2D eigenvalue weighted by Gasteiger charge is -2.10. The van der Waals surface area contributed by atoms with Gasteiger partial charge in [-0.3, -0.25) is 4.79 Å². The van der Waals surface area contributed by atoms with Gasteiger partial charge >= 0.3 is 5.97 Å². The van der Waals surface area contributed by atoms with Gasteiger partial charge in [-0.25, -0.2) is 0 Å². The van der Waals surface area contributed by atoms with Crippen LogP contribution >= 0.6 is 11.8 Å². The maximum Gasteiger partial charge on any atom is 0.313 e. The number of hydrogen-bond acceptors (Lipinski definition) is 5. The zero-order valence-electron chi connectivity index (χ0n) is 12.2. The van der Waals surface area contributed by atoms with Gasteiger partial charge in [0.1, 0.15) is 12.4 Å². The lowest BCUT2D eigenvalue weighted by molar-refractivity contribution is -0.133. The average molecular weight is 307 g/mol. The third kappa shape index (κ3) is 3.75. The van der Waals surface area contributed by atoms with E-state index in [0.717, 1.165) is 23.1 Å². The number of benzene rings is 1. The van der Waals surface area contributed by atoms with Crippen LogP contribution in [-0.2, 0) is 18.4 Å². The Labute approximate surface area is 127 Å². The molecule has 0 fully saturated rings. The first-order chi connectivity index (χ1) is 9.99. The van der Waals surface area contributed by atoms with Gasteiger partial charge in [-0.05, 0) is 31.0 Å². The number of ether oxygens (including phenoxy) is 1. The van der Waals surface area contributed by atoms with Crippen molar-refractivity contribution in [3.8, 4) is 5.75 Å². The minimum Gasteiger partial charge on any atom is -0.485 e. The van der Waals surface area contributed by atoms with Crippen molar-refractivity contribution < 1.29 is 14.6 Å². The second-order valence-electron chi connectivity index (χ2n) is 4.63. The number of carboxylic acids is 1. The minimum atomic E-state index is -0.879. The lowest BCUT2D eigenvalue weighted by atomic mass is 10.1. The molecule has 0 atom stereocenters. The van der Waals surface area contributed by atoms with Crippen LogP contribution < -0.4 is 4.74 Å². The van der Waals surface area contributed by atoms with Crippen molar-refractivity contribution in [3.05, 3.63) is 35.2 Å². The molecule has 1 N–H and O–H groups in total. The zero-order valence-corrected chi connectivity index (χ0v) is 13.0. The van der Waals surface area contributed by atoms with E-state index >= 15 is 0 Å². The summed E-state index contributed by atoms with van der Waals surface area (Å²) in [6.45, 7) is 4.34. The molecule has 0 aliphatic rings. The molecule has 0 bridgehead atoms. The molecule has 0 saturated heterocycles. The molecule has 6 nitrogen and oxygen atoms in total. The summed E-state index contributed by atoms with van der Waals surface area (Å²) in [4.78, 5) is 10.6. The first-order valence-corrected chi connectivity index (χ1v) is 7.39. The molecule has 0 aliphatic carbocycles. The molecule has 112 valence electrons. The molecule has 2 aromatic rings.